The fourth-order valence-electron chi connectivity index (χ4n) is 3.30. The smallest absolute Gasteiger partial charge is 0.188 e. The Morgan fingerprint density at radius 3 is 2.73 bits per heavy atom. The summed E-state index contributed by atoms with van der Waals surface area (Å²) in [5.41, 5.74) is 1.63. The number of benzene rings is 2. The lowest BCUT2D eigenvalue weighted by molar-refractivity contribution is 0.0498. The zero-order valence-corrected chi connectivity index (χ0v) is 13.6. The minimum Gasteiger partial charge on any atom is -0.467 e. The van der Waals surface area contributed by atoms with Crippen LogP contribution in [0.3, 0.4) is 0 Å². The summed E-state index contributed by atoms with van der Waals surface area (Å²) in [4.78, 5) is 2.03. The molecule has 2 aliphatic rings. The monoisotopic (exact) mass is 330 g/mol. The fourth-order valence-corrected chi connectivity index (χ4v) is 3.87. The first kappa shape index (κ1) is 13.9. The Hall–Kier alpha value is -1.78. The van der Waals surface area contributed by atoms with Crippen molar-refractivity contribution in [1.29, 1.82) is 0 Å². The molecule has 2 bridgehead atoms. The summed E-state index contributed by atoms with van der Waals surface area (Å²) in [5.74, 6) is 0.912. The average Bonchev–Trinajstić information content (AvgIpc) is 2.48. The third kappa shape index (κ3) is 2.06. The molecule has 0 saturated carbocycles. The Labute approximate surface area is 139 Å². The second-order valence-electron chi connectivity index (χ2n) is 5.83. The summed E-state index contributed by atoms with van der Waals surface area (Å²) in [6.45, 7) is 2.08. The number of ether oxygens (including phenoxy) is 1. The van der Waals surface area contributed by atoms with Gasteiger partial charge < -0.3 is 10.1 Å². The van der Waals surface area contributed by atoms with Crippen LogP contribution < -0.4 is 15.0 Å². The minimum absolute atomic E-state index is 0.186. The number of thiocarbonyl (C=S) groups is 1. The van der Waals surface area contributed by atoms with Crippen LogP contribution in [0.2, 0.25) is 5.02 Å². The second kappa shape index (κ2) is 4.86. The molecule has 2 aliphatic heterocycles. The zero-order chi connectivity index (χ0) is 15.3. The highest BCUT2D eigenvalue weighted by Gasteiger charge is 2.48. The zero-order valence-electron chi connectivity index (χ0n) is 12.0. The molecule has 22 heavy (non-hydrogen) atoms. The number of anilines is 1. The summed E-state index contributed by atoms with van der Waals surface area (Å²) < 4.78 is 6.32. The van der Waals surface area contributed by atoms with Gasteiger partial charge in [-0.05, 0) is 49.5 Å². The molecule has 2 aromatic rings. The van der Waals surface area contributed by atoms with E-state index in [9.17, 15) is 0 Å². The van der Waals surface area contributed by atoms with E-state index in [2.05, 4.69) is 18.3 Å². The van der Waals surface area contributed by atoms with E-state index in [1.54, 1.807) is 0 Å². The molecule has 1 saturated heterocycles. The quantitative estimate of drug-likeness (QED) is 0.789. The molecular formula is C17H15ClN2OS. The topological polar surface area (TPSA) is 24.5 Å². The Balaban J connectivity index is 1.80. The largest absolute Gasteiger partial charge is 0.467 e. The maximum absolute atomic E-state index is 6.32. The Kier molecular flexibility index (Phi) is 3.06. The van der Waals surface area contributed by atoms with Crippen LogP contribution in [0.5, 0.6) is 5.75 Å². The Morgan fingerprint density at radius 1 is 1.23 bits per heavy atom. The summed E-state index contributed by atoms with van der Waals surface area (Å²) in [7, 11) is 0. The summed E-state index contributed by atoms with van der Waals surface area (Å²) in [5, 5.41) is 4.82. The fraction of sp³-hybridized carbons (Fsp3) is 0.235. The molecule has 0 spiro atoms. The lowest BCUT2D eigenvalue weighted by Gasteiger charge is -2.52. The van der Waals surface area contributed by atoms with Crippen molar-refractivity contribution in [3.8, 4) is 5.75 Å². The first-order valence-electron chi connectivity index (χ1n) is 7.21. The summed E-state index contributed by atoms with van der Waals surface area (Å²) in [6.07, 6.45) is 0.826. The van der Waals surface area contributed by atoms with Gasteiger partial charge in [-0.3, -0.25) is 4.90 Å². The first-order valence-corrected chi connectivity index (χ1v) is 8.00. The molecule has 2 aromatic carbocycles. The third-order valence-electron chi connectivity index (χ3n) is 4.27. The van der Waals surface area contributed by atoms with Crippen molar-refractivity contribution < 1.29 is 4.74 Å². The van der Waals surface area contributed by atoms with Crippen molar-refractivity contribution in [3.05, 3.63) is 59.1 Å². The van der Waals surface area contributed by atoms with E-state index in [1.807, 2.05) is 47.4 Å². The van der Waals surface area contributed by atoms with Crippen LogP contribution in [0.1, 0.15) is 24.9 Å². The average molecular weight is 331 g/mol. The number of hydrogen-bond acceptors (Lipinski definition) is 2. The van der Waals surface area contributed by atoms with Crippen LogP contribution in [0.15, 0.2) is 48.5 Å². The second-order valence-corrected chi connectivity index (χ2v) is 6.66. The highest BCUT2D eigenvalue weighted by molar-refractivity contribution is 7.80. The number of rotatable bonds is 1. The van der Waals surface area contributed by atoms with E-state index in [1.165, 1.54) is 0 Å². The lowest BCUT2D eigenvalue weighted by atomic mass is 9.90. The predicted molar refractivity (Wildman–Crippen MR) is 92.5 cm³/mol. The molecule has 5 heteroatoms. The maximum Gasteiger partial charge on any atom is 0.188 e. The molecule has 0 radical (unpaired) electrons. The number of nitrogens with zero attached hydrogens (tertiary/aromatic N) is 1. The van der Waals surface area contributed by atoms with Crippen molar-refractivity contribution in [3.63, 3.8) is 0 Å². The van der Waals surface area contributed by atoms with Gasteiger partial charge in [0.15, 0.2) is 10.8 Å². The Bertz CT molecular complexity index is 749. The van der Waals surface area contributed by atoms with Gasteiger partial charge in [0.1, 0.15) is 5.75 Å². The normalized spacial score (nSPS) is 26.0. The minimum atomic E-state index is -0.505. The molecule has 112 valence electrons. The summed E-state index contributed by atoms with van der Waals surface area (Å²) in [6, 6.07) is 16.0. The van der Waals surface area contributed by atoms with Gasteiger partial charge >= 0.3 is 0 Å². The van der Waals surface area contributed by atoms with Gasteiger partial charge in [0.2, 0.25) is 0 Å². The van der Waals surface area contributed by atoms with E-state index >= 15 is 0 Å². The van der Waals surface area contributed by atoms with Crippen molar-refractivity contribution >= 4 is 34.6 Å². The Morgan fingerprint density at radius 2 is 1.95 bits per heavy atom. The van der Waals surface area contributed by atoms with Gasteiger partial charge in [-0.2, -0.15) is 0 Å². The summed E-state index contributed by atoms with van der Waals surface area (Å²) >= 11 is 11.6. The molecule has 1 N–H and O–H groups in total. The molecule has 2 heterocycles. The van der Waals surface area contributed by atoms with Crippen LogP contribution in [0.4, 0.5) is 5.69 Å². The number of nitrogens with one attached hydrogen (secondary N) is 1. The van der Waals surface area contributed by atoms with E-state index in [0.29, 0.717) is 10.1 Å². The molecule has 0 aromatic heterocycles. The van der Waals surface area contributed by atoms with Crippen molar-refractivity contribution in [2.75, 3.05) is 4.90 Å². The SMILES string of the molecule is C[C@@]12C[C@@H](NC(=S)N1c1ccc(Cl)cc1)c1ccccc1O2. The number of hydrogen-bond donors (Lipinski definition) is 1. The number of para-hydroxylation sites is 1. The van der Waals surface area contributed by atoms with Gasteiger partial charge in [0, 0.05) is 22.7 Å². The van der Waals surface area contributed by atoms with Crippen LogP contribution in [0, 0.1) is 0 Å². The van der Waals surface area contributed by atoms with E-state index < -0.39 is 5.72 Å². The molecule has 1 fully saturated rings. The van der Waals surface area contributed by atoms with E-state index in [0.717, 1.165) is 23.4 Å². The predicted octanol–water partition coefficient (Wildman–Crippen LogP) is 4.27. The standard InChI is InChI=1S/C17H15ClN2OS/c1-17-10-14(13-4-2-3-5-15(13)21-17)19-16(22)20(17)12-8-6-11(18)7-9-12/h2-9,14H,10H2,1H3,(H,19,22)/t14-,17-/m1/s1. The van der Waals surface area contributed by atoms with Gasteiger partial charge in [-0.1, -0.05) is 29.8 Å². The van der Waals surface area contributed by atoms with Gasteiger partial charge in [-0.15, -0.1) is 0 Å². The van der Waals surface area contributed by atoms with Crippen LogP contribution >= 0.6 is 23.8 Å². The van der Waals surface area contributed by atoms with E-state index in [-0.39, 0.29) is 6.04 Å². The molecule has 2 atom stereocenters. The van der Waals surface area contributed by atoms with Gasteiger partial charge in [-0.25, -0.2) is 0 Å². The number of fused-ring (bicyclic) bond motifs is 4. The number of halogens is 1. The van der Waals surface area contributed by atoms with Crippen molar-refractivity contribution in [2.24, 2.45) is 0 Å². The highest BCUT2D eigenvalue weighted by atomic mass is 35.5. The molecule has 0 unspecified atom stereocenters. The third-order valence-corrected chi connectivity index (χ3v) is 4.82. The molecule has 4 rings (SSSR count). The van der Waals surface area contributed by atoms with Crippen molar-refractivity contribution in [2.45, 2.75) is 25.1 Å². The molecule has 3 nitrogen and oxygen atoms in total. The van der Waals surface area contributed by atoms with Gasteiger partial charge in [0.25, 0.3) is 0 Å². The van der Waals surface area contributed by atoms with Crippen LogP contribution in [-0.4, -0.2) is 10.8 Å². The molecule has 0 aliphatic carbocycles. The van der Waals surface area contributed by atoms with Crippen LogP contribution in [0.25, 0.3) is 0 Å². The molecule has 0 amide bonds. The maximum atomic E-state index is 6.32. The first-order chi connectivity index (χ1) is 10.6. The van der Waals surface area contributed by atoms with Crippen molar-refractivity contribution in [1.82, 2.24) is 5.32 Å². The van der Waals surface area contributed by atoms with Crippen LogP contribution in [-0.2, 0) is 0 Å². The lowest BCUT2D eigenvalue weighted by Crippen LogP contribution is -2.65. The van der Waals surface area contributed by atoms with E-state index in [4.69, 9.17) is 28.6 Å². The van der Waals surface area contributed by atoms with Gasteiger partial charge in [0.05, 0.1) is 6.04 Å². The molecular weight excluding hydrogens is 316 g/mol. The highest BCUT2D eigenvalue weighted by Crippen LogP contribution is 2.45.